The molecule has 0 spiro atoms. The minimum Gasteiger partial charge on any atom is -0.496 e. The molecule has 0 unspecified atom stereocenters. The van der Waals surface area contributed by atoms with Crippen molar-refractivity contribution in [2.45, 2.75) is 61.4 Å². The number of carbonyl (C=O) groups is 3. The summed E-state index contributed by atoms with van der Waals surface area (Å²) in [7, 11) is 1.62. The molecule has 0 amide bonds. The smallest absolute Gasteiger partial charge is 0.333 e. The Morgan fingerprint density at radius 3 is 1.41 bits per heavy atom. The van der Waals surface area contributed by atoms with Crippen LogP contribution in [0.4, 0.5) is 0 Å². The maximum absolute atomic E-state index is 13.5. The van der Waals surface area contributed by atoms with Crippen LogP contribution < -0.4 is 4.74 Å². The molecular weight excluding hydrogens is 709 g/mol. The number of rotatable bonds is 20. The van der Waals surface area contributed by atoms with Gasteiger partial charge in [-0.25, -0.2) is 9.59 Å². The minimum absolute atomic E-state index is 0.0928. The van der Waals surface area contributed by atoms with Gasteiger partial charge in [0.2, 0.25) is 0 Å². The van der Waals surface area contributed by atoms with Gasteiger partial charge in [0.25, 0.3) is 0 Å². The number of ketones is 1. The van der Waals surface area contributed by atoms with Crippen molar-refractivity contribution >= 4 is 17.7 Å². The molecule has 4 aromatic rings. The summed E-state index contributed by atoms with van der Waals surface area (Å²) in [6, 6.07) is 26.6. The first kappa shape index (κ1) is 43.4. The molecule has 0 aliphatic rings. The van der Waals surface area contributed by atoms with Gasteiger partial charge in [0.05, 0.1) is 53.4 Å². The van der Waals surface area contributed by atoms with Crippen LogP contribution in [0, 0.1) is 10.8 Å². The number of hydrogen-bond acceptors (Lipinski definition) is 9. The van der Waals surface area contributed by atoms with Crippen LogP contribution >= 0.6 is 0 Å². The molecule has 56 heavy (non-hydrogen) atoms. The van der Waals surface area contributed by atoms with Crippen LogP contribution in [0.25, 0.3) is 22.3 Å². The number of carbonyl (C=O) groups excluding carboxylic acids is 3. The van der Waals surface area contributed by atoms with E-state index >= 15 is 0 Å². The van der Waals surface area contributed by atoms with Crippen molar-refractivity contribution in [2.24, 2.45) is 10.8 Å². The van der Waals surface area contributed by atoms with E-state index in [0.717, 1.165) is 38.9 Å². The van der Waals surface area contributed by atoms with Crippen molar-refractivity contribution < 1.29 is 43.2 Å². The minimum atomic E-state index is -0.430. The second-order valence-corrected chi connectivity index (χ2v) is 15.7. The van der Waals surface area contributed by atoms with Gasteiger partial charge in [-0.15, -0.1) is 0 Å². The number of esters is 2. The van der Waals surface area contributed by atoms with E-state index in [0.29, 0.717) is 47.8 Å². The SMILES string of the molecule is C=C(C)C(=O)OCC(C)(C)COCc1cc(-c2ccc(C(=O)c3ccc(-c4ccc(OC)c(COCC(C)(C)COC(=O)C(=C)C)c4)cc3)cc2)ccc1CO. The maximum Gasteiger partial charge on any atom is 0.333 e. The van der Waals surface area contributed by atoms with E-state index < -0.39 is 22.8 Å². The highest BCUT2D eigenvalue weighted by Crippen LogP contribution is 2.30. The molecule has 0 saturated carbocycles. The van der Waals surface area contributed by atoms with Gasteiger partial charge < -0.3 is 28.8 Å². The highest BCUT2D eigenvalue weighted by Gasteiger charge is 2.23. The van der Waals surface area contributed by atoms with Crippen molar-refractivity contribution in [3.8, 4) is 28.0 Å². The van der Waals surface area contributed by atoms with E-state index in [4.69, 9.17) is 23.7 Å². The zero-order valence-corrected chi connectivity index (χ0v) is 33.7. The highest BCUT2D eigenvalue weighted by atomic mass is 16.5. The Labute approximate surface area is 330 Å². The maximum atomic E-state index is 13.5. The molecule has 9 heteroatoms. The Hall–Kier alpha value is -5.35. The van der Waals surface area contributed by atoms with Crippen molar-refractivity contribution in [3.63, 3.8) is 0 Å². The van der Waals surface area contributed by atoms with Gasteiger partial charge in [-0.3, -0.25) is 4.79 Å². The monoisotopic (exact) mass is 762 g/mol. The topological polar surface area (TPSA) is 118 Å². The Morgan fingerprint density at radius 2 is 0.982 bits per heavy atom. The lowest BCUT2D eigenvalue weighted by molar-refractivity contribution is -0.144. The number of methoxy groups -OCH3 is 1. The van der Waals surface area contributed by atoms with E-state index in [1.54, 1.807) is 21.0 Å². The van der Waals surface area contributed by atoms with Gasteiger partial charge in [-0.05, 0) is 65.4 Å². The molecule has 296 valence electrons. The van der Waals surface area contributed by atoms with Crippen LogP contribution in [-0.2, 0) is 48.4 Å². The molecule has 4 aromatic carbocycles. The van der Waals surface area contributed by atoms with E-state index in [2.05, 4.69) is 13.2 Å². The van der Waals surface area contributed by atoms with Gasteiger partial charge >= 0.3 is 11.9 Å². The van der Waals surface area contributed by atoms with Gasteiger partial charge in [0, 0.05) is 38.7 Å². The lowest BCUT2D eigenvalue weighted by atomic mass is 9.95. The molecule has 0 bridgehead atoms. The fraction of sp³-hybridized carbons (Fsp3) is 0.340. The molecule has 1 N–H and O–H groups in total. The van der Waals surface area contributed by atoms with Gasteiger partial charge in [0.1, 0.15) is 5.75 Å². The molecule has 0 radical (unpaired) electrons. The summed E-state index contributed by atoms with van der Waals surface area (Å²) in [5, 5.41) is 9.97. The number of aliphatic hydroxyl groups excluding tert-OH is 1. The van der Waals surface area contributed by atoms with E-state index in [-0.39, 0.29) is 32.2 Å². The Kier molecular flexibility index (Phi) is 15.1. The summed E-state index contributed by atoms with van der Waals surface area (Å²) < 4.78 is 28.3. The van der Waals surface area contributed by atoms with E-state index in [1.165, 1.54) is 0 Å². The Bertz CT molecular complexity index is 1880. The zero-order valence-electron chi connectivity index (χ0n) is 33.7. The molecule has 0 aliphatic carbocycles. The summed E-state index contributed by atoms with van der Waals surface area (Å²) in [5.74, 6) is -0.244. The van der Waals surface area contributed by atoms with Crippen molar-refractivity contribution in [3.05, 3.63) is 137 Å². The fourth-order valence-corrected chi connectivity index (χ4v) is 5.69. The molecule has 0 fully saturated rings. The normalized spacial score (nSPS) is 11.5. The van der Waals surface area contributed by atoms with Crippen LogP contribution in [0.2, 0.25) is 0 Å². The number of ether oxygens (including phenoxy) is 5. The Balaban J connectivity index is 1.39. The summed E-state index contributed by atoms with van der Waals surface area (Å²) in [6.45, 7) is 19.9. The van der Waals surface area contributed by atoms with Gasteiger partial charge in [-0.1, -0.05) is 108 Å². The third-order valence-corrected chi connectivity index (χ3v) is 9.00. The third kappa shape index (κ3) is 12.3. The summed E-state index contributed by atoms with van der Waals surface area (Å²) >= 11 is 0. The summed E-state index contributed by atoms with van der Waals surface area (Å²) in [4.78, 5) is 37.1. The van der Waals surface area contributed by atoms with Crippen molar-refractivity contribution in [1.29, 1.82) is 0 Å². The second kappa shape index (κ2) is 19.5. The third-order valence-electron chi connectivity index (χ3n) is 9.00. The first-order valence-corrected chi connectivity index (χ1v) is 18.5. The van der Waals surface area contributed by atoms with Gasteiger partial charge in [0.15, 0.2) is 5.78 Å². The average molecular weight is 763 g/mol. The molecule has 4 rings (SSSR count). The van der Waals surface area contributed by atoms with Crippen molar-refractivity contribution in [2.75, 3.05) is 33.5 Å². The van der Waals surface area contributed by atoms with Crippen LogP contribution in [0.3, 0.4) is 0 Å². The average Bonchev–Trinajstić information content (AvgIpc) is 3.18. The number of hydrogen-bond donors (Lipinski definition) is 1. The summed E-state index contributed by atoms with van der Waals surface area (Å²) in [6.07, 6.45) is 0. The zero-order chi connectivity index (χ0) is 41.0. The fourth-order valence-electron chi connectivity index (χ4n) is 5.69. The predicted molar refractivity (Wildman–Crippen MR) is 218 cm³/mol. The Morgan fingerprint density at radius 1 is 0.571 bits per heavy atom. The number of benzene rings is 4. The molecule has 0 atom stereocenters. The molecule has 0 heterocycles. The van der Waals surface area contributed by atoms with Crippen LogP contribution in [-0.4, -0.2) is 56.4 Å². The quantitative estimate of drug-likeness (QED) is 0.0535. The van der Waals surface area contributed by atoms with Crippen LogP contribution in [0.15, 0.2) is 109 Å². The lowest BCUT2D eigenvalue weighted by Gasteiger charge is -2.24. The van der Waals surface area contributed by atoms with Crippen LogP contribution in [0.5, 0.6) is 5.75 Å². The molecule has 9 nitrogen and oxygen atoms in total. The molecule has 0 aromatic heterocycles. The van der Waals surface area contributed by atoms with E-state index in [1.807, 2.05) is 113 Å². The summed E-state index contributed by atoms with van der Waals surface area (Å²) in [5.41, 5.74) is 7.24. The van der Waals surface area contributed by atoms with E-state index in [9.17, 15) is 19.5 Å². The largest absolute Gasteiger partial charge is 0.496 e. The molecule has 0 saturated heterocycles. The highest BCUT2D eigenvalue weighted by molar-refractivity contribution is 6.09. The second-order valence-electron chi connectivity index (χ2n) is 15.7. The predicted octanol–water partition coefficient (Wildman–Crippen LogP) is 9.08. The lowest BCUT2D eigenvalue weighted by Crippen LogP contribution is -2.27. The molecular formula is C47H54O9. The van der Waals surface area contributed by atoms with Gasteiger partial charge in [-0.2, -0.15) is 0 Å². The first-order chi connectivity index (χ1) is 26.5. The van der Waals surface area contributed by atoms with Crippen molar-refractivity contribution in [1.82, 2.24) is 0 Å². The first-order valence-electron chi connectivity index (χ1n) is 18.5. The molecule has 0 aliphatic heterocycles. The number of aliphatic hydroxyl groups is 1. The van der Waals surface area contributed by atoms with Crippen LogP contribution in [0.1, 0.15) is 74.2 Å². The standard InChI is InChI=1S/C47H54O9/c1-31(2)44(50)55-29-46(5,6)27-53-25-40-22-37(18-19-39(40)24-48)33-10-14-35(15-11-33)43(49)36-16-12-34(13-17-36)38-20-21-42(52-9)41(23-38)26-54-28-47(7,8)30-56-45(51)32(3)4/h10-23,48H,1,3,24-30H2,2,4-9H3.